The van der Waals surface area contributed by atoms with Crippen molar-refractivity contribution < 1.29 is 9.13 Å². The topological polar surface area (TPSA) is 158 Å². The molecular weight excluding hydrogens is 351 g/mol. The van der Waals surface area contributed by atoms with Gasteiger partial charge < -0.3 is 21.5 Å². The van der Waals surface area contributed by atoms with Gasteiger partial charge in [-0.25, -0.2) is 14.4 Å². The summed E-state index contributed by atoms with van der Waals surface area (Å²) >= 11 is 0. The Kier molecular flexibility index (Phi) is 4.64. The molecule has 0 fully saturated rings. The number of rotatable bonds is 3. The molecular formula is C17H15FN8O. The van der Waals surface area contributed by atoms with Crippen LogP contribution in [0.3, 0.4) is 0 Å². The van der Waals surface area contributed by atoms with E-state index in [1.807, 2.05) is 6.07 Å². The maximum Gasteiger partial charge on any atom is 0.211 e. The number of guanidine groups is 1. The van der Waals surface area contributed by atoms with Crippen LogP contribution in [0, 0.1) is 28.6 Å². The van der Waals surface area contributed by atoms with Gasteiger partial charge in [-0.2, -0.15) is 10.5 Å². The summed E-state index contributed by atoms with van der Waals surface area (Å²) in [6.07, 6.45) is 1.76. The number of halogens is 1. The van der Waals surface area contributed by atoms with Crippen molar-refractivity contribution in [1.29, 1.82) is 10.5 Å². The van der Waals surface area contributed by atoms with Gasteiger partial charge in [0.1, 0.15) is 40.9 Å². The zero-order valence-corrected chi connectivity index (χ0v) is 14.2. The van der Waals surface area contributed by atoms with E-state index in [0.717, 1.165) is 0 Å². The highest BCUT2D eigenvalue weighted by atomic mass is 19.1. The van der Waals surface area contributed by atoms with Crippen molar-refractivity contribution >= 4 is 23.3 Å². The van der Waals surface area contributed by atoms with Gasteiger partial charge in [-0.1, -0.05) is 0 Å². The van der Waals surface area contributed by atoms with Crippen molar-refractivity contribution in [2.24, 2.45) is 4.99 Å². The number of aromatic nitrogens is 1. The number of hydrogen-bond donors (Lipinski definition) is 4. The Morgan fingerprint density at radius 1 is 1.37 bits per heavy atom. The number of hydrogen-bond acceptors (Lipinski definition) is 9. The van der Waals surface area contributed by atoms with Gasteiger partial charge in [0, 0.05) is 17.2 Å². The summed E-state index contributed by atoms with van der Waals surface area (Å²) in [5, 5.41) is 23.5. The van der Waals surface area contributed by atoms with Crippen LogP contribution in [0.4, 0.5) is 21.7 Å². The Bertz CT molecular complexity index is 1020. The molecule has 1 atom stereocenters. The predicted octanol–water partition coefficient (Wildman–Crippen LogP) is 1.60. The molecule has 0 saturated carbocycles. The van der Waals surface area contributed by atoms with Crippen LogP contribution >= 0.6 is 0 Å². The molecule has 1 aromatic heterocycles. The molecule has 10 heteroatoms. The predicted molar refractivity (Wildman–Crippen MR) is 97.0 cm³/mol. The number of fused-ring (bicyclic) bond motifs is 1. The lowest BCUT2D eigenvalue weighted by molar-refractivity contribution is 0.333. The summed E-state index contributed by atoms with van der Waals surface area (Å²) in [5.74, 6) is 0.0932. The van der Waals surface area contributed by atoms with E-state index in [0.29, 0.717) is 17.7 Å². The molecule has 1 aliphatic rings. The highest BCUT2D eigenvalue weighted by Crippen LogP contribution is 2.43. The molecule has 0 saturated heterocycles. The van der Waals surface area contributed by atoms with Crippen LogP contribution in [0.5, 0.6) is 5.75 Å². The summed E-state index contributed by atoms with van der Waals surface area (Å²) in [5.41, 5.74) is 13.0. The van der Waals surface area contributed by atoms with E-state index < -0.39 is 11.9 Å². The van der Waals surface area contributed by atoms with Gasteiger partial charge in [0.2, 0.25) is 5.96 Å². The van der Waals surface area contributed by atoms with Gasteiger partial charge in [-0.3, -0.25) is 5.32 Å². The number of benzene rings is 1. The number of nitriles is 2. The quantitative estimate of drug-likeness (QED) is 0.471. The van der Waals surface area contributed by atoms with E-state index >= 15 is 0 Å². The minimum atomic E-state index is -0.792. The van der Waals surface area contributed by atoms with E-state index in [-0.39, 0.29) is 34.6 Å². The first-order valence-corrected chi connectivity index (χ1v) is 7.91. The second kappa shape index (κ2) is 7.06. The lowest BCUT2D eigenvalue weighted by Gasteiger charge is -2.27. The van der Waals surface area contributed by atoms with Gasteiger partial charge in [-0.15, -0.1) is 0 Å². The van der Waals surface area contributed by atoms with Crippen LogP contribution in [-0.4, -0.2) is 17.6 Å². The second-order valence-electron chi connectivity index (χ2n) is 5.52. The fourth-order valence-electron chi connectivity index (χ4n) is 2.82. The monoisotopic (exact) mass is 366 g/mol. The first-order valence-electron chi connectivity index (χ1n) is 7.91. The highest BCUT2D eigenvalue weighted by molar-refractivity contribution is 5.98. The van der Waals surface area contributed by atoms with Crippen LogP contribution in [-0.2, 0) is 0 Å². The molecule has 1 aliphatic heterocycles. The summed E-state index contributed by atoms with van der Waals surface area (Å²) < 4.78 is 19.2. The molecule has 0 radical (unpaired) electrons. The van der Waals surface area contributed by atoms with Gasteiger partial charge in [0.25, 0.3) is 0 Å². The summed E-state index contributed by atoms with van der Waals surface area (Å²) in [4.78, 5) is 8.59. The van der Waals surface area contributed by atoms with Crippen molar-refractivity contribution in [2.45, 2.75) is 13.0 Å². The SMILES string of the molecule is CCOc1cc(F)ccc1C1N=C(NC#N)Nc2nc(N)c(C#N)c(N)c21. The minimum Gasteiger partial charge on any atom is -0.493 e. The molecule has 1 aromatic carbocycles. The number of nitrogens with one attached hydrogen (secondary N) is 2. The number of anilines is 3. The Balaban J connectivity index is 2.27. The summed E-state index contributed by atoms with van der Waals surface area (Å²) in [6, 6.07) is 5.14. The maximum absolute atomic E-state index is 13.7. The maximum atomic E-state index is 13.7. The van der Waals surface area contributed by atoms with Crippen LogP contribution in [0.1, 0.15) is 29.7 Å². The number of ether oxygens (including phenoxy) is 1. The first kappa shape index (κ1) is 17.8. The van der Waals surface area contributed by atoms with E-state index in [2.05, 4.69) is 20.6 Å². The molecule has 0 amide bonds. The van der Waals surface area contributed by atoms with Crippen molar-refractivity contribution in [3.05, 3.63) is 40.7 Å². The van der Waals surface area contributed by atoms with Crippen LogP contribution < -0.4 is 26.8 Å². The molecule has 27 heavy (non-hydrogen) atoms. The Labute approximate surface area is 154 Å². The lowest BCUT2D eigenvalue weighted by atomic mass is 9.94. The molecule has 1 unspecified atom stereocenters. The Morgan fingerprint density at radius 3 is 2.81 bits per heavy atom. The number of aliphatic imine (C=N–C) groups is 1. The van der Waals surface area contributed by atoms with Crippen LogP contribution in [0.15, 0.2) is 23.2 Å². The Hall–Kier alpha value is -4.05. The normalized spacial score (nSPS) is 14.8. The van der Waals surface area contributed by atoms with Crippen LogP contribution in [0.2, 0.25) is 0 Å². The third-order valence-electron chi connectivity index (χ3n) is 3.93. The smallest absolute Gasteiger partial charge is 0.211 e. The number of nitrogens with two attached hydrogens (primary N) is 2. The van der Waals surface area contributed by atoms with E-state index in [1.54, 1.807) is 13.1 Å². The van der Waals surface area contributed by atoms with E-state index in [9.17, 15) is 9.65 Å². The van der Waals surface area contributed by atoms with Gasteiger partial charge in [0.05, 0.1) is 12.3 Å². The third-order valence-corrected chi connectivity index (χ3v) is 3.93. The first-order chi connectivity index (χ1) is 13.0. The van der Waals surface area contributed by atoms with E-state index in [1.165, 1.54) is 18.2 Å². The van der Waals surface area contributed by atoms with Gasteiger partial charge in [-0.05, 0) is 19.1 Å². The van der Waals surface area contributed by atoms with Crippen molar-refractivity contribution in [3.8, 4) is 18.0 Å². The number of nitrogen functional groups attached to an aromatic ring is 2. The summed E-state index contributed by atoms with van der Waals surface area (Å²) in [6.45, 7) is 2.07. The molecule has 0 aliphatic carbocycles. The van der Waals surface area contributed by atoms with Gasteiger partial charge in [0.15, 0.2) is 6.19 Å². The zero-order valence-electron chi connectivity index (χ0n) is 14.2. The number of pyridine rings is 1. The average molecular weight is 366 g/mol. The highest BCUT2D eigenvalue weighted by Gasteiger charge is 2.31. The van der Waals surface area contributed by atoms with Crippen molar-refractivity contribution in [1.82, 2.24) is 10.3 Å². The molecule has 0 bridgehead atoms. The van der Waals surface area contributed by atoms with Crippen molar-refractivity contribution in [2.75, 3.05) is 23.4 Å². The third kappa shape index (κ3) is 3.12. The molecule has 6 N–H and O–H groups in total. The second-order valence-corrected chi connectivity index (χ2v) is 5.52. The molecule has 136 valence electrons. The lowest BCUT2D eigenvalue weighted by Crippen LogP contribution is -2.33. The molecule has 9 nitrogen and oxygen atoms in total. The average Bonchev–Trinajstić information content (AvgIpc) is 2.62. The molecule has 2 aromatic rings. The minimum absolute atomic E-state index is 0.0208. The Morgan fingerprint density at radius 2 is 2.15 bits per heavy atom. The largest absolute Gasteiger partial charge is 0.493 e. The standard InChI is InChI=1S/C17H15FN8O/c1-2-27-11-5-8(18)3-4-9(11)14-12-13(21)10(6-19)15(22)25-16(12)26-17(24-14)23-7-20/h3-5,14H,2H2,1H3,(H6,21,22,23,24,25,26). The molecule has 3 rings (SSSR count). The van der Waals surface area contributed by atoms with Crippen molar-refractivity contribution in [3.63, 3.8) is 0 Å². The number of nitrogens with zero attached hydrogens (tertiary/aromatic N) is 4. The fourth-order valence-corrected chi connectivity index (χ4v) is 2.82. The van der Waals surface area contributed by atoms with Gasteiger partial charge >= 0.3 is 0 Å². The van der Waals surface area contributed by atoms with E-state index in [4.69, 9.17) is 21.5 Å². The fraction of sp³-hybridized carbons (Fsp3) is 0.176. The summed E-state index contributed by atoms with van der Waals surface area (Å²) in [7, 11) is 0. The molecule has 0 spiro atoms. The molecule has 2 heterocycles. The van der Waals surface area contributed by atoms with Crippen LogP contribution in [0.25, 0.3) is 0 Å². The zero-order chi connectivity index (χ0) is 19.6.